The van der Waals surface area contributed by atoms with E-state index < -0.39 is 17.7 Å². The van der Waals surface area contributed by atoms with Crippen molar-refractivity contribution < 1.29 is 24.2 Å². The van der Waals surface area contributed by atoms with Crippen molar-refractivity contribution in [3.8, 4) is 11.5 Å². The smallest absolute Gasteiger partial charge is 0.295 e. The average molecular weight is 545 g/mol. The van der Waals surface area contributed by atoms with Gasteiger partial charge >= 0.3 is 0 Å². The second-order valence-electron chi connectivity index (χ2n) is 8.61. The highest BCUT2D eigenvalue weighted by Gasteiger charge is 2.46. The van der Waals surface area contributed by atoms with Crippen molar-refractivity contribution in [2.45, 2.75) is 39.8 Å². The minimum Gasteiger partial charge on any atom is -0.507 e. The minimum absolute atomic E-state index is 0.0315. The molecule has 0 saturated carbocycles. The number of ketones is 1. The fraction of sp³-hybridized carbons (Fsp3) is 0.407. The molecule has 1 aliphatic heterocycles. The molecule has 3 rings (SSSR count). The maximum absolute atomic E-state index is 13.3. The third-order valence-electron chi connectivity index (χ3n) is 6.06. The summed E-state index contributed by atoms with van der Waals surface area (Å²) in [5.41, 5.74) is 1.18. The van der Waals surface area contributed by atoms with Gasteiger partial charge in [0.2, 0.25) is 0 Å². The number of hydrogen-bond acceptors (Lipinski definition) is 6. The monoisotopic (exact) mass is 544 g/mol. The van der Waals surface area contributed by atoms with E-state index in [1.54, 1.807) is 30.2 Å². The molecule has 0 aromatic heterocycles. The van der Waals surface area contributed by atoms with E-state index in [0.29, 0.717) is 40.2 Å². The van der Waals surface area contributed by atoms with Crippen LogP contribution in [0.2, 0.25) is 0 Å². The van der Waals surface area contributed by atoms with Gasteiger partial charge in [0.1, 0.15) is 17.3 Å². The number of benzene rings is 2. The first-order valence-electron chi connectivity index (χ1n) is 11.8. The van der Waals surface area contributed by atoms with E-state index in [1.165, 1.54) is 0 Å². The molecule has 1 unspecified atom stereocenters. The molecule has 2 aromatic rings. The highest BCUT2D eigenvalue weighted by Crippen LogP contribution is 2.41. The van der Waals surface area contributed by atoms with Crippen molar-refractivity contribution >= 4 is 33.4 Å². The number of likely N-dealkylation sites (tertiary alicyclic amines) is 1. The number of halogens is 1. The maximum atomic E-state index is 13.3. The third-order valence-corrected chi connectivity index (χ3v) is 6.68. The molecule has 188 valence electrons. The fourth-order valence-electron chi connectivity index (χ4n) is 4.25. The quantitative estimate of drug-likeness (QED) is 0.257. The second kappa shape index (κ2) is 11.7. The Morgan fingerprint density at radius 2 is 1.86 bits per heavy atom. The van der Waals surface area contributed by atoms with Gasteiger partial charge in [-0.15, -0.1) is 0 Å². The normalized spacial score (nSPS) is 17.5. The van der Waals surface area contributed by atoms with Gasteiger partial charge < -0.3 is 24.4 Å². The predicted octanol–water partition coefficient (Wildman–Crippen LogP) is 5.01. The van der Waals surface area contributed by atoms with Gasteiger partial charge in [-0.1, -0.05) is 26.0 Å². The summed E-state index contributed by atoms with van der Waals surface area (Å²) in [6.07, 6.45) is -0.0315. The Hall–Kier alpha value is -2.84. The molecule has 1 atom stereocenters. The standard InChI is InChI=1S/C27H33BrN2O5/c1-6-29(7-2)13-14-30-24(18-9-8-10-20(15-18)35-17(3)4)23(26(32)27(30)33)25(31)19-11-12-22(34-5)21(28)16-19/h8-12,15-17,24,31H,6-7,13-14H2,1-5H3/b25-23+. The first kappa shape index (κ1) is 26.8. The van der Waals surface area contributed by atoms with E-state index in [9.17, 15) is 14.7 Å². The number of methoxy groups -OCH3 is 1. The van der Waals surface area contributed by atoms with Crippen LogP contribution < -0.4 is 9.47 Å². The van der Waals surface area contributed by atoms with Gasteiger partial charge in [-0.25, -0.2) is 0 Å². The Morgan fingerprint density at radius 3 is 2.46 bits per heavy atom. The van der Waals surface area contributed by atoms with Gasteiger partial charge in [-0.3, -0.25) is 9.59 Å². The van der Waals surface area contributed by atoms with Crippen LogP contribution in [0.15, 0.2) is 52.5 Å². The summed E-state index contributed by atoms with van der Waals surface area (Å²) in [4.78, 5) is 30.2. The molecule has 7 nitrogen and oxygen atoms in total. The number of carbonyl (C=O) groups is 2. The molecule has 1 heterocycles. The number of aliphatic hydroxyl groups is 1. The van der Waals surface area contributed by atoms with E-state index >= 15 is 0 Å². The summed E-state index contributed by atoms with van der Waals surface area (Å²) in [7, 11) is 1.55. The molecule has 0 bridgehead atoms. The summed E-state index contributed by atoms with van der Waals surface area (Å²) in [6, 6.07) is 11.7. The molecule has 8 heteroatoms. The van der Waals surface area contributed by atoms with E-state index in [0.717, 1.165) is 13.1 Å². The molecule has 1 aliphatic rings. The summed E-state index contributed by atoms with van der Waals surface area (Å²) in [5, 5.41) is 11.3. The van der Waals surface area contributed by atoms with Crippen LogP contribution in [0.3, 0.4) is 0 Å². The van der Waals surface area contributed by atoms with Gasteiger partial charge in [0.15, 0.2) is 0 Å². The summed E-state index contributed by atoms with van der Waals surface area (Å²) < 4.78 is 11.8. The van der Waals surface area contributed by atoms with Crippen LogP contribution in [-0.2, 0) is 9.59 Å². The largest absolute Gasteiger partial charge is 0.507 e. The number of Topliss-reactive ketones (excluding diaryl/α,β-unsaturated/α-hetero) is 1. The fourth-order valence-corrected chi connectivity index (χ4v) is 4.79. The number of ether oxygens (including phenoxy) is 2. The lowest BCUT2D eigenvalue weighted by Crippen LogP contribution is -2.38. The Balaban J connectivity index is 2.13. The van der Waals surface area contributed by atoms with Crippen molar-refractivity contribution in [1.29, 1.82) is 0 Å². The first-order valence-corrected chi connectivity index (χ1v) is 12.6. The zero-order valence-corrected chi connectivity index (χ0v) is 22.5. The van der Waals surface area contributed by atoms with Crippen LogP contribution in [0.1, 0.15) is 44.9 Å². The Morgan fingerprint density at radius 1 is 1.14 bits per heavy atom. The topological polar surface area (TPSA) is 79.3 Å². The molecular weight excluding hydrogens is 512 g/mol. The summed E-state index contributed by atoms with van der Waals surface area (Å²) >= 11 is 3.43. The molecule has 0 aliphatic carbocycles. The molecule has 0 radical (unpaired) electrons. The van der Waals surface area contributed by atoms with Gasteiger partial charge in [0.05, 0.1) is 29.3 Å². The van der Waals surface area contributed by atoms with E-state index in [1.807, 2.05) is 38.1 Å². The predicted molar refractivity (Wildman–Crippen MR) is 140 cm³/mol. The Bertz CT molecular complexity index is 1110. The number of nitrogens with zero attached hydrogens (tertiary/aromatic N) is 2. The molecule has 2 aromatic carbocycles. The third kappa shape index (κ3) is 5.87. The van der Waals surface area contributed by atoms with Crippen LogP contribution in [0.5, 0.6) is 11.5 Å². The lowest BCUT2D eigenvalue weighted by atomic mass is 9.95. The molecule has 35 heavy (non-hydrogen) atoms. The first-order chi connectivity index (χ1) is 16.7. The van der Waals surface area contributed by atoms with Crippen molar-refractivity contribution in [2.75, 3.05) is 33.3 Å². The zero-order valence-electron chi connectivity index (χ0n) is 20.9. The van der Waals surface area contributed by atoms with Gasteiger partial charge in [0, 0.05) is 18.7 Å². The molecule has 1 fully saturated rings. The Kier molecular flexibility index (Phi) is 8.97. The van der Waals surface area contributed by atoms with Crippen LogP contribution >= 0.6 is 15.9 Å². The highest BCUT2D eigenvalue weighted by atomic mass is 79.9. The van der Waals surface area contributed by atoms with Gasteiger partial charge in [0.25, 0.3) is 11.7 Å². The van der Waals surface area contributed by atoms with Crippen molar-refractivity contribution in [3.63, 3.8) is 0 Å². The van der Waals surface area contributed by atoms with Crippen molar-refractivity contribution in [3.05, 3.63) is 63.6 Å². The molecule has 1 N–H and O–H groups in total. The minimum atomic E-state index is -0.734. The van der Waals surface area contributed by atoms with Gasteiger partial charge in [-0.2, -0.15) is 0 Å². The number of carbonyl (C=O) groups excluding carboxylic acids is 2. The Labute approximate surface area is 215 Å². The lowest BCUT2D eigenvalue weighted by molar-refractivity contribution is -0.140. The number of hydrogen-bond donors (Lipinski definition) is 1. The lowest BCUT2D eigenvalue weighted by Gasteiger charge is -2.28. The molecule has 0 spiro atoms. The SMILES string of the molecule is CCN(CC)CCN1C(=O)C(=O)/C(=C(/O)c2ccc(OC)c(Br)c2)C1c1cccc(OC(C)C)c1. The van der Waals surface area contributed by atoms with Crippen molar-refractivity contribution in [2.24, 2.45) is 0 Å². The number of amides is 1. The van der Waals surface area contributed by atoms with Crippen LogP contribution in [-0.4, -0.2) is 66.0 Å². The average Bonchev–Trinajstić information content (AvgIpc) is 3.09. The summed E-state index contributed by atoms with van der Waals surface area (Å²) in [5.74, 6) is -0.312. The van der Waals surface area contributed by atoms with E-state index in [-0.39, 0.29) is 17.4 Å². The van der Waals surface area contributed by atoms with Crippen LogP contribution in [0.25, 0.3) is 5.76 Å². The summed E-state index contributed by atoms with van der Waals surface area (Å²) in [6.45, 7) is 10.6. The molecule has 1 saturated heterocycles. The molecular formula is C27H33BrN2O5. The maximum Gasteiger partial charge on any atom is 0.295 e. The number of rotatable bonds is 10. The van der Waals surface area contributed by atoms with Gasteiger partial charge in [-0.05, 0) is 78.8 Å². The van der Waals surface area contributed by atoms with Crippen LogP contribution in [0.4, 0.5) is 0 Å². The van der Waals surface area contributed by atoms with E-state index in [4.69, 9.17) is 9.47 Å². The zero-order chi connectivity index (χ0) is 25.7. The highest BCUT2D eigenvalue weighted by molar-refractivity contribution is 9.10. The van der Waals surface area contributed by atoms with E-state index in [2.05, 4.69) is 34.7 Å². The number of likely N-dealkylation sites (N-methyl/N-ethyl adjacent to an activating group) is 1. The van der Waals surface area contributed by atoms with Crippen molar-refractivity contribution in [1.82, 2.24) is 9.80 Å². The second-order valence-corrected chi connectivity index (χ2v) is 9.46. The molecule has 1 amide bonds. The van der Waals surface area contributed by atoms with Crippen LogP contribution in [0, 0.1) is 0 Å². The number of aliphatic hydroxyl groups excluding tert-OH is 1.